The number of H-pyrrole nitrogens is 1. The third-order valence-electron chi connectivity index (χ3n) is 3.99. The molecule has 130 valence electrons. The van der Waals surface area contributed by atoms with E-state index in [1.54, 1.807) is 48.5 Å². The van der Waals surface area contributed by atoms with Crippen molar-refractivity contribution >= 4 is 22.5 Å². The van der Waals surface area contributed by atoms with Crippen molar-refractivity contribution in [2.24, 2.45) is 0 Å². The number of aryl methyl sites for hydroxylation is 1. The smallest absolute Gasteiger partial charge is 0.326 e. The van der Waals surface area contributed by atoms with Gasteiger partial charge in [0.05, 0.1) is 23.4 Å². The Morgan fingerprint density at radius 2 is 1.85 bits per heavy atom. The largest absolute Gasteiger partial charge is 0.328 e. The molecule has 0 atom stereocenters. The van der Waals surface area contributed by atoms with Crippen LogP contribution in [0.4, 0.5) is 5.69 Å². The van der Waals surface area contributed by atoms with Crippen LogP contribution in [-0.2, 0) is 17.8 Å². The molecule has 0 aliphatic heterocycles. The Morgan fingerprint density at radius 1 is 1.12 bits per heavy atom. The molecular weight excluding hydrogens is 332 g/mol. The lowest BCUT2D eigenvalue weighted by atomic mass is 10.1. The van der Waals surface area contributed by atoms with E-state index in [1.807, 2.05) is 0 Å². The Bertz CT molecular complexity index is 1100. The van der Waals surface area contributed by atoms with Crippen molar-refractivity contribution in [3.05, 3.63) is 74.9 Å². The van der Waals surface area contributed by atoms with Crippen molar-refractivity contribution in [3.63, 3.8) is 0 Å². The predicted molar refractivity (Wildman–Crippen MR) is 97.8 cm³/mol. The molecule has 2 aromatic carbocycles. The Hall–Kier alpha value is -3.66. The summed E-state index contributed by atoms with van der Waals surface area (Å²) in [6, 6.07) is 15.8. The summed E-state index contributed by atoms with van der Waals surface area (Å²) in [4.78, 5) is 38.3. The highest BCUT2D eigenvalue weighted by atomic mass is 16.2. The Balaban J connectivity index is 1.72. The topological polar surface area (TPSA) is 108 Å². The van der Waals surface area contributed by atoms with Gasteiger partial charge in [-0.05, 0) is 29.8 Å². The van der Waals surface area contributed by atoms with Crippen LogP contribution in [0, 0.1) is 11.3 Å². The number of anilines is 1. The van der Waals surface area contributed by atoms with Gasteiger partial charge < -0.3 is 5.32 Å². The van der Waals surface area contributed by atoms with E-state index >= 15 is 0 Å². The molecule has 26 heavy (non-hydrogen) atoms. The number of nitrogens with zero attached hydrogens (tertiary/aromatic N) is 2. The average Bonchev–Trinajstić information content (AvgIpc) is 2.63. The molecule has 0 fully saturated rings. The first kappa shape index (κ1) is 17.2. The zero-order valence-corrected chi connectivity index (χ0v) is 13.9. The van der Waals surface area contributed by atoms with Crippen molar-refractivity contribution in [2.75, 3.05) is 5.32 Å². The number of hydrogen-bond donors (Lipinski definition) is 2. The number of hydrogen-bond acceptors (Lipinski definition) is 4. The van der Waals surface area contributed by atoms with E-state index in [9.17, 15) is 14.4 Å². The molecule has 1 heterocycles. The fraction of sp³-hybridized carbons (Fsp3) is 0.158. The second-order valence-corrected chi connectivity index (χ2v) is 5.76. The molecule has 1 aromatic heterocycles. The molecule has 0 bridgehead atoms. The summed E-state index contributed by atoms with van der Waals surface area (Å²) < 4.78 is 1.38. The first-order valence-corrected chi connectivity index (χ1v) is 8.06. The van der Waals surface area contributed by atoms with Crippen molar-refractivity contribution < 1.29 is 4.79 Å². The van der Waals surface area contributed by atoms with Crippen molar-refractivity contribution in [1.82, 2.24) is 9.55 Å². The third kappa shape index (κ3) is 3.70. The standard InChI is InChI=1S/C19H16N4O3/c20-11-9-13-5-7-14(8-6-13)21-17(24)10-12-23-16-4-2-1-3-15(16)18(25)22-19(23)26/h1-8H,9-10,12H2,(H,21,24)(H,22,25,26). The van der Waals surface area contributed by atoms with Gasteiger partial charge >= 0.3 is 5.69 Å². The molecule has 0 spiro atoms. The van der Waals surface area contributed by atoms with Crippen LogP contribution < -0.4 is 16.6 Å². The number of fused-ring (bicyclic) bond motifs is 1. The Kier molecular flexibility index (Phi) is 4.94. The van der Waals surface area contributed by atoms with Gasteiger partial charge in [0, 0.05) is 18.7 Å². The van der Waals surface area contributed by atoms with Gasteiger partial charge in [0.25, 0.3) is 5.56 Å². The van der Waals surface area contributed by atoms with Gasteiger partial charge in [-0.3, -0.25) is 19.1 Å². The van der Waals surface area contributed by atoms with E-state index < -0.39 is 11.2 Å². The zero-order valence-electron chi connectivity index (χ0n) is 13.9. The maximum absolute atomic E-state index is 12.2. The summed E-state index contributed by atoms with van der Waals surface area (Å²) in [5.74, 6) is -0.250. The summed E-state index contributed by atoms with van der Waals surface area (Å²) in [6.45, 7) is 0.147. The normalized spacial score (nSPS) is 10.4. The third-order valence-corrected chi connectivity index (χ3v) is 3.99. The number of carbonyl (C=O) groups is 1. The van der Waals surface area contributed by atoms with Crippen molar-refractivity contribution in [1.29, 1.82) is 5.26 Å². The molecule has 7 heteroatoms. The number of nitrogens with one attached hydrogen (secondary N) is 2. The molecule has 0 saturated heterocycles. The summed E-state index contributed by atoms with van der Waals surface area (Å²) in [5, 5.41) is 11.8. The molecule has 1 amide bonds. The van der Waals surface area contributed by atoms with E-state index in [-0.39, 0.29) is 18.9 Å². The zero-order chi connectivity index (χ0) is 18.5. The van der Waals surface area contributed by atoms with Gasteiger partial charge in [-0.25, -0.2) is 4.79 Å². The molecule has 0 saturated carbocycles. The number of nitriles is 1. The Morgan fingerprint density at radius 3 is 2.58 bits per heavy atom. The van der Waals surface area contributed by atoms with E-state index in [2.05, 4.69) is 16.4 Å². The SMILES string of the molecule is N#CCc1ccc(NC(=O)CCn2c(=O)[nH]c(=O)c3ccccc32)cc1. The van der Waals surface area contributed by atoms with Crippen LogP contribution in [-0.4, -0.2) is 15.5 Å². The molecule has 0 aliphatic rings. The summed E-state index contributed by atoms with van der Waals surface area (Å²) in [7, 11) is 0. The lowest BCUT2D eigenvalue weighted by Gasteiger charge is -2.10. The van der Waals surface area contributed by atoms with Gasteiger partial charge in [-0.15, -0.1) is 0 Å². The average molecular weight is 348 g/mol. The van der Waals surface area contributed by atoms with Gasteiger partial charge in [-0.1, -0.05) is 24.3 Å². The van der Waals surface area contributed by atoms with Crippen LogP contribution in [0.15, 0.2) is 58.1 Å². The van der Waals surface area contributed by atoms with Crippen LogP contribution >= 0.6 is 0 Å². The van der Waals surface area contributed by atoms with Crippen molar-refractivity contribution in [3.8, 4) is 6.07 Å². The molecule has 7 nitrogen and oxygen atoms in total. The minimum absolute atomic E-state index is 0.0793. The molecule has 3 rings (SSSR count). The lowest BCUT2D eigenvalue weighted by molar-refractivity contribution is -0.116. The fourth-order valence-electron chi connectivity index (χ4n) is 2.70. The summed E-state index contributed by atoms with van der Waals surface area (Å²) in [5.41, 5.74) is 1.01. The molecule has 3 aromatic rings. The second-order valence-electron chi connectivity index (χ2n) is 5.76. The predicted octanol–water partition coefficient (Wildman–Crippen LogP) is 1.78. The van der Waals surface area contributed by atoms with E-state index in [0.29, 0.717) is 23.0 Å². The molecule has 0 unspecified atom stereocenters. The van der Waals surface area contributed by atoms with E-state index in [1.165, 1.54) is 4.57 Å². The van der Waals surface area contributed by atoms with E-state index in [4.69, 9.17) is 5.26 Å². The number of para-hydroxylation sites is 1. The molecular formula is C19H16N4O3. The quantitative estimate of drug-likeness (QED) is 0.733. The first-order chi connectivity index (χ1) is 12.6. The summed E-state index contributed by atoms with van der Waals surface area (Å²) >= 11 is 0. The van der Waals surface area contributed by atoms with Crippen molar-refractivity contribution in [2.45, 2.75) is 19.4 Å². The van der Waals surface area contributed by atoms with Crippen LogP contribution in [0.1, 0.15) is 12.0 Å². The minimum Gasteiger partial charge on any atom is -0.326 e. The monoisotopic (exact) mass is 348 g/mol. The molecule has 0 aliphatic carbocycles. The molecule has 2 N–H and O–H groups in total. The maximum atomic E-state index is 12.2. The Labute approximate surface area is 148 Å². The summed E-state index contributed by atoms with van der Waals surface area (Å²) in [6.07, 6.45) is 0.395. The van der Waals surface area contributed by atoms with Gasteiger partial charge in [0.2, 0.25) is 5.91 Å². The number of aromatic amines is 1. The fourth-order valence-corrected chi connectivity index (χ4v) is 2.70. The molecule has 0 radical (unpaired) electrons. The first-order valence-electron chi connectivity index (χ1n) is 8.06. The highest BCUT2D eigenvalue weighted by molar-refractivity contribution is 5.90. The van der Waals surface area contributed by atoms with Crippen LogP contribution in [0.3, 0.4) is 0 Å². The highest BCUT2D eigenvalue weighted by Gasteiger charge is 2.09. The van der Waals surface area contributed by atoms with E-state index in [0.717, 1.165) is 5.56 Å². The maximum Gasteiger partial charge on any atom is 0.328 e. The van der Waals surface area contributed by atoms with Crippen LogP contribution in [0.25, 0.3) is 10.9 Å². The van der Waals surface area contributed by atoms with Crippen LogP contribution in [0.5, 0.6) is 0 Å². The minimum atomic E-state index is -0.539. The number of benzene rings is 2. The van der Waals surface area contributed by atoms with Gasteiger partial charge in [0.15, 0.2) is 0 Å². The number of aromatic nitrogens is 2. The lowest BCUT2D eigenvalue weighted by Crippen LogP contribution is -2.31. The number of carbonyl (C=O) groups excluding carboxylic acids is 1. The highest BCUT2D eigenvalue weighted by Crippen LogP contribution is 2.11. The van der Waals surface area contributed by atoms with Crippen LogP contribution in [0.2, 0.25) is 0 Å². The number of rotatable bonds is 5. The number of amides is 1. The van der Waals surface area contributed by atoms with Gasteiger partial charge in [0.1, 0.15) is 0 Å². The van der Waals surface area contributed by atoms with Gasteiger partial charge in [-0.2, -0.15) is 5.26 Å². The second kappa shape index (κ2) is 7.49.